The van der Waals surface area contributed by atoms with Gasteiger partial charge in [-0.1, -0.05) is 23.7 Å². The summed E-state index contributed by atoms with van der Waals surface area (Å²) in [6.07, 6.45) is 3.84. The molecule has 1 saturated heterocycles. The average Bonchev–Trinajstić information content (AvgIpc) is 3.35. The SMILES string of the molecule is [O-][S+](Nc1ccc(Oc2ncsc2-c2ccnc(NC3CCCNC3)n2)cc1F)c1ccccc1Cl. The first kappa shape index (κ1) is 24.7. The number of rotatable bonds is 8. The summed E-state index contributed by atoms with van der Waals surface area (Å²) in [6, 6.07) is 13.0. The molecule has 2 aromatic carbocycles. The van der Waals surface area contributed by atoms with E-state index in [2.05, 4.69) is 30.3 Å². The Morgan fingerprint density at radius 2 is 2.08 bits per heavy atom. The second-order valence-electron chi connectivity index (χ2n) is 7.98. The number of thiazole rings is 1. The number of benzene rings is 2. The molecule has 4 aromatic rings. The number of aromatic nitrogens is 3. The lowest BCUT2D eigenvalue weighted by atomic mass is 10.1. The van der Waals surface area contributed by atoms with E-state index in [-0.39, 0.29) is 17.5 Å². The number of hydrogen-bond donors (Lipinski definition) is 3. The van der Waals surface area contributed by atoms with Crippen LogP contribution < -0.4 is 20.1 Å². The Labute approximate surface area is 219 Å². The molecule has 0 spiro atoms. The van der Waals surface area contributed by atoms with Crippen molar-refractivity contribution < 1.29 is 13.7 Å². The van der Waals surface area contributed by atoms with Crippen LogP contribution >= 0.6 is 22.9 Å². The summed E-state index contributed by atoms with van der Waals surface area (Å²) < 4.78 is 35.9. The fourth-order valence-corrected chi connectivity index (χ4v) is 5.65. The van der Waals surface area contributed by atoms with Crippen molar-refractivity contribution in [3.05, 3.63) is 71.1 Å². The van der Waals surface area contributed by atoms with E-state index in [0.717, 1.165) is 25.9 Å². The van der Waals surface area contributed by atoms with E-state index < -0.39 is 17.2 Å². The average molecular weight is 545 g/mol. The van der Waals surface area contributed by atoms with Crippen LogP contribution in [0.2, 0.25) is 5.02 Å². The van der Waals surface area contributed by atoms with Gasteiger partial charge < -0.3 is 19.9 Å². The van der Waals surface area contributed by atoms with Gasteiger partial charge in [-0.15, -0.1) is 11.3 Å². The Balaban J connectivity index is 1.29. The molecule has 3 heterocycles. The van der Waals surface area contributed by atoms with Crippen molar-refractivity contribution in [2.75, 3.05) is 23.1 Å². The zero-order chi connectivity index (χ0) is 24.9. The van der Waals surface area contributed by atoms with Crippen LogP contribution in [0.25, 0.3) is 10.6 Å². The molecule has 1 aliphatic rings. The highest BCUT2D eigenvalue weighted by molar-refractivity contribution is 7.92. The topological polar surface area (TPSA) is 107 Å². The number of halogens is 2. The second kappa shape index (κ2) is 11.4. The Hall–Kier alpha value is -2.96. The van der Waals surface area contributed by atoms with Crippen molar-refractivity contribution in [3.8, 4) is 22.2 Å². The number of ether oxygens (including phenoxy) is 1. The van der Waals surface area contributed by atoms with Gasteiger partial charge in [0.05, 0.1) is 16.2 Å². The van der Waals surface area contributed by atoms with E-state index in [1.54, 1.807) is 48.1 Å². The molecule has 186 valence electrons. The minimum Gasteiger partial charge on any atom is -0.588 e. The third-order valence-electron chi connectivity index (χ3n) is 5.45. The van der Waals surface area contributed by atoms with Gasteiger partial charge in [0.25, 0.3) is 0 Å². The van der Waals surface area contributed by atoms with Gasteiger partial charge in [0.1, 0.15) is 27.7 Å². The molecule has 0 aliphatic carbocycles. The smallest absolute Gasteiger partial charge is 0.239 e. The standard InChI is InChI=1S/C24H22ClFN6O2S2/c25-17-5-1-2-6-21(17)36(33)32-19-8-7-16(12-18(19)26)34-23-22(35-14-29-23)20-9-11-28-24(31-20)30-15-4-3-10-27-13-15/h1-2,5-9,11-12,14-15,27,32H,3-4,10,13H2,(H,28,30,31). The summed E-state index contributed by atoms with van der Waals surface area (Å²) in [4.78, 5) is 14.3. The molecule has 1 aliphatic heterocycles. The van der Waals surface area contributed by atoms with Crippen molar-refractivity contribution in [1.29, 1.82) is 0 Å². The molecular weight excluding hydrogens is 523 g/mol. The first-order valence-corrected chi connectivity index (χ1v) is 13.6. The van der Waals surface area contributed by atoms with E-state index in [9.17, 15) is 8.94 Å². The van der Waals surface area contributed by atoms with Crippen molar-refractivity contribution in [2.45, 2.75) is 23.8 Å². The first-order chi connectivity index (χ1) is 17.6. The number of hydrogen-bond acceptors (Lipinski definition) is 9. The summed E-state index contributed by atoms with van der Waals surface area (Å²) >= 11 is 5.73. The monoisotopic (exact) mass is 544 g/mol. The summed E-state index contributed by atoms with van der Waals surface area (Å²) in [6.45, 7) is 1.89. The Morgan fingerprint density at radius 3 is 2.89 bits per heavy atom. The summed E-state index contributed by atoms with van der Waals surface area (Å²) in [5.74, 6) is 0.464. The van der Waals surface area contributed by atoms with E-state index in [1.807, 2.05) is 0 Å². The molecule has 0 saturated carbocycles. The molecule has 12 heteroatoms. The minimum absolute atomic E-state index is 0.0582. The van der Waals surface area contributed by atoms with Crippen LogP contribution in [-0.4, -0.2) is 38.6 Å². The second-order valence-corrected chi connectivity index (χ2v) is 10.4. The van der Waals surface area contributed by atoms with Crippen molar-refractivity contribution >= 4 is 45.9 Å². The maximum atomic E-state index is 14.8. The number of piperidine rings is 1. The third-order valence-corrected chi connectivity index (χ3v) is 7.88. The quantitative estimate of drug-likeness (QED) is 0.250. The lowest BCUT2D eigenvalue weighted by Crippen LogP contribution is -2.38. The van der Waals surface area contributed by atoms with Gasteiger partial charge in [0, 0.05) is 24.8 Å². The van der Waals surface area contributed by atoms with Crippen molar-refractivity contribution in [2.24, 2.45) is 0 Å². The van der Waals surface area contributed by atoms with Crippen LogP contribution in [-0.2, 0) is 11.4 Å². The van der Waals surface area contributed by atoms with E-state index >= 15 is 0 Å². The molecule has 0 amide bonds. The lowest BCUT2D eigenvalue weighted by Gasteiger charge is -2.23. The summed E-state index contributed by atoms with van der Waals surface area (Å²) in [5, 5.41) is 7.06. The van der Waals surface area contributed by atoms with E-state index in [0.29, 0.717) is 32.3 Å². The summed E-state index contributed by atoms with van der Waals surface area (Å²) in [7, 11) is 0. The molecule has 2 unspecified atom stereocenters. The maximum Gasteiger partial charge on any atom is 0.239 e. The molecule has 1 fully saturated rings. The van der Waals surface area contributed by atoms with Crippen molar-refractivity contribution in [3.63, 3.8) is 0 Å². The minimum atomic E-state index is -1.73. The Kier molecular flexibility index (Phi) is 7.83. The number of anilines is 2. The zero-order valence-corrected chi connectivity index (χ0v) is 21.3. The zero-order valence-electron chi connectivity index (χ0n) is 18.9. The largest absolute Gasteiger partial charge is 0.588 e. The van der Waals surface area contributed by atoms with Gasteiger partial charge in [-0.3, -0.25) is 0 Å². The number of nitrogens with zero attached hydrogens (tertiary/aromatic N) is 3. The van der Waals surface area contributed by atoms with Crippen LogP contribution in [0.5, 0.6) is 11.6 Å². The molecule has 0 bridgehead atoms. The summed E-state index contributed by atoms with van der Waals surface area (Å²) in [5.41, 5.74) is 2.36. The third kappa shape index (κ3) is 5.88. The van der Waals surface area contributed by atoms with E-state index in [4.69, 9.17) is 16.3 Å². The fourth-order valence-electron chi connectivity index (χ4n) is 3.69. The van der Waals surface area contributed by atoms with E-state index in [1.165, 1.54) is 23.5 Å². The lowest BCUT2D eigenvalue weighted by molar-refractivity contribution is 0.463. The van der Waals surface area contributed by atoms with Crippen LogP contribution in [0.15, 0.2) is 65.1 Å². The van der Waals surface area contributed by atoms with Gasteiger partial charge >= 0.3 is 0 Å². The first-order valence-electron chi connectivity index (χ1n) is 11.2. The predicted octanol–water partition coefficient (Wildman–Crippen LogP) is 5.48. The molecule has 5 rings (SSSR count). The van der Waals surface area contributed by atoms with Gasteiger partial charge in [-0.25, -0.2) is 24.1 Å². The number of nitrogens with one attached hydrogen (secondary N) is 3. The molecule has 2 atom stereocenters. The van der Waals surface area contributed by atoms with Gasteiger partial charge in [0.15, 0.2) is 10.7 Å². The van der Waals surface area contributed by atoms with Gasteiger partial charge in [-0.05, 0) is 49.7 Å². The maximum absolute atomic E-state index is 14.8. The van der Waals surface area contributed by atoms with Gasteiger partial charge in [0.2, 0.25) is 11.8 Å². The van der Waals surface area contributed by atoms with Crippen LogP contribution in [0, 0.1) is 5.82 Å². The molecular formula is C24H22ClFN6O2S2. The molecule has 2 aromatic heterocycles. The normalized spacial score (nSPS) is 16.4. The Bertz CT molecular complexity index is 1340. The van der Waals surface area contributed by atoms with Crippen LogP contribution in [0.3, 0.4) is 0 Å². The molecule has 0 radical (unpaired) electrons. The van der Waals surface area contributed by atoms with Crippen molar-refractivity contribution in [1.82, 2.24) is 20.3 Å². The highest BCUT2D eigenvalue weighted by Crippen LogP contribution is 2.36. The van der Waals surface area contributed by atoms with Gasteiger partial charge in [-0.2, -0.15) is 0 Å². The molecule has 36 heavy (non-hydrogen) atoms. The predicted molar refractivity (Wildman–Crippen MR) is 141 cm³/mol. The Morgan fingerprint density at radius 1 is 1.19 bits per heavy atom. The molecule has 8 nitrogen and oxygen atoms in total. The fraction of sp³-hybridized carbons (Fsp3) is 0.208. The van der Waals surface area contributed by atoms with Crippen LogP contribution in [0.4, 0.5) is 16.0 Å². The van der Waals surface area contributed by atoms with Crippen LogP contribution in [0.1, 0.15) is 12.8 Å². The highest BCUT2D eigenvalue weighted by atomic mass is 35.5. The highest BCUT2D eigenvalue weighted by Gasteiger charge is 2.20. The molecule has 3 N–H and O–H groups in total.